The molecule has 0 bridgehead atoms. The molecule has 0 spiro atoms. The van der Waals surface area contributed by atoms with Crippen molar-refractivity contribution < 1.29 is 14.0 Å². The van der Waals surface area contributed by atoms with E-state index in [9.17, 15) is 9.46 Å². The van der Waals surface area contributed by atoms with Crippen molar-refractivity contribution in [3.05, 3.63) is 0 Å². The zero-order valence-electron chi connectivity index (χ0n) is 10.2. The van der Waals surface area contributed by atoms with Gasteiger partial charge in [0.15, 0.2) is 0 Å². The van der Waals surface area contributed by atoms with Crippen LogP contribution in [0.4, 0.5) is 0 Å². The maximum atomic E-state index is 11.4. The van der Waals surface area contributed by atoms with Crippen LogP contribution in [0.25, 0.3) is 0 Å². The van der Waals surface area contributed by atoms with E-state index in [-0.39, 0.29) is 5.66 Å². The van der Waals surface area contributed by atoms with Crippen LogP contribution in [0, 0.1) is 0 Å². The van der Waals surface area contributed by atoms with Gasteiger partial charge in [0.1, 0.15) is 0 Å². The second-order valence-electron chi connectivity index (χ2n) is 4.26. The summed E-state index contributed by atoms with van der Waals surface area (Å²) in [5.74, 6) is 0. The van der Waals surface area contributed by atoms with Crippen molar-refractivity contribution in [3.8, 4) is 0 Å². The molecule has 0 aromatic carbocycles. The standard InChI is InChI=1S/C11H25O3P/c1-4-5-6-7-8-9-10-14-15(12,13)11(2)3/h11H,4-10H2,1-3H3,(H,12,13). The van der Waals surface area contributed by atoms with Crippen molar-refractivity contribution >= 4 is 7.60 Å². The Labute approximate surface area is 93.8 Å². The lowest BCUT2D eigenvalue weighted by Crippen LogP contribution is -2.02. The van der Waals surface area contributed by atoms with Crippen molar-refractivity contribution in [3.63, 3.8) is 0 Å². The lowest BCUT2D eigenvalue weighted by molar-refractivity contribution is 0.247. The minimum atomic E-state index is -3.33. The third kappa shape index (κ3) is 8.01. The molecule has 0 aromatic heterocycles. The van der Waals surface area contributed by atoms with Crippen molar-refractivity contribution in [1.82, 2.24) is 0 Å². The first kappa shape index (κ1) is 15.2. The summed E-state index contributed by atoms with van der Waals surface area (Å²) in [6, 6.07) is 0. The predicted octanol–water partition coefficient (Wildman–Crippen LogP) is 3.96. The summed E-state index contributed by atoms with van der Waals surface area (Å²) in [6.07, 6.45) is 6.98. The smallest absolute Gasteiger partial charge is 0.324 e. The Bertz CT molecular complexity index is 192. The average molecular weight is 236 g/mol. The second kappa shape index (κ2) is 8.32. The first-order valence-corrected chi connectivity index (χ1v) is 7.62. The van der Waals surface area contributed by atoms with Gasteiger partial charge < -0.3 is 9.42 Å². The molecule has 0 aliphatic heterocycles. The summed E-state index contributed by atoms with van der Waals surface area (Å²) in [5, 5.41) is 0. The predicted molar refractivity (Wildman–Crippen MR) is 64.3 cm³/mol. The van der Waals surface area contributed by atoms with Crippen LogP contribution in [-0.2, 0) is 9.09 Å². The van der Waals surface area contributed by atoms with Crippen LogP contribution < -0.4 is 0 Å². The molecule has 0 rings (SSSR count). The molecule has 0 radical (unpaired) electrons. The monoisotopic (exact) mass is 236 g/mol. The normalized spacial score (nSPS) is 15.5. The summed E-state index contributed by atoms with van der Waals surface area (Å²) >= 11 is 0. The Morgan fingerprint density at radius 1 is 1.13 bits per heavy atom. The fourth-order valence-corrected chi connectivity index (χ4v) is 1.92. The van der Waals surface area contributed by atoms with E-state index >= 15 is 0 Å². The van der Waals surface area contributed by atoms with Gasteiger partial charge in [0, 0.05) is 0 Å². The fraction of sp³-hybridized carbons (Fsp3) is 1.00. The molecule has 1 unspecified atom stereocenters. The molecular formula is C11H25O3P. The highest BCUT2D eigenvalue weighted by molar-refractivity contribution is 7.53. The highest BCUT2D eigenvalue weighted by atomic mass is 31.2. The van der Waals surface area contributed by atoms with E-state index in [1.54, 1.807) is 13.8 Å². The molecule has 0 aliphatic rings. The van der Waals surface area contributed by atoms with E-state index in [2.05, 4.69) is 6.92 Å². The molecule has 1 atom stereocenters. The first-order chi connectivity index (χ1) is 7.00. The van der Waals surface area contributed by atoms with Gasteiger partial charge >= 0.3 is 7.60 Å². The van der Waals surface area contributed by atoms with Crippen molar-refractivity contribution in [2.45, 2.75) is 65.0 Å². The molecule has 0 aromatic rings. The van der Waals surface area contributed by atoms with Crippen LogP contribution in [-0.4, -0.2) is 17.2 Å². The summed E-state index contributed by atoms with van der Waals surface area (Å²) in [6.45, 7) is 6.02. The van der Waals surface area contributed by atoms with Gasteiger partial charge in [-0.3, -0.25) is 4.57 Å². The maximum Gasteiger partial charge on any atom is 0.330 e. The third-order valence-corrected chi connectivity index (χ3v) is 4.28. The van der Waals surface area contributed by atoms with E-state index in [0.29, 0.717) is 6.61 Å². The van der Waals surface area contributed by atoms with Gasteiger partial charge in [-0.15, -0.1) is 0 Å². The molecular weight excluding hydrogens is 211 g/mol. The van der Waals surface area contributed by atoms with E-state index < -0.39 is 7.60 Å². The lowest BCUT2D eigenvalue weighted by Gasteiger charge is -2.14. The average Bonchev–Trinajstić information content (AvgIpc) is 2.16. The van der Waals surface area contributed by atoms with Crippen LogP contribution >= 0.6 is 7.60 Å². The quantitative estimate of drug-likeness (QED) is 0.487. The zero-order chi connectivity index (χ0) is 11.7. The molecule has 1 N–H and O–H groups in total. The molecule has 4 heteroatoms. The van der Waals surface area contributed by atoms with E-state index in [4.69, 9.17) is 4.52 Å². The van der Waals surface area contributed by atoms with Gasteiger partial charge in [-0.25, -0.2) is 0 Å². The molecule has 0 heterocycles. The Balaban J connectivity index is 3.35. The summed E-state index contributed by atoms with van der Waals surface area (Å²) in [4.78, 5) is 9.37. The number of hydrogen-bond acceptors (Lipinski definition) is 2. The Kier molecular flexibility index (Phi) is 8.40. The molecule has 15 heavy (non-hydrogen) atoms. The van der Waals surface area contributed by atoms with Gasteiger partial charge in [-0.1, -0.05) is 52.9 Å². The SMILES string of the molecule is CCCCCCCCOP(=O)(O)C(C)C. The molecule has 0 saturated heterocycles. The minimum Gasteiger partial charge on any atom is -0.324 e. The summed E-state index contributed by atoms with van der Waals surface area (Å²) in [7, 11) is -3.33. The number of hydrogen-bond donors (Lipinski definition) is 1. The summed E-state index contributed by atoms with van der Waals surface area (Å²) in [5.41, 5.74) is -0.294. The van der Waals surface area contributed by atoms with Gasteiger partial charge in [0.2, 0.25) is 0 Å². The fourth-order valence-electron chi connectivity index (χ4n) is 1.23. The highest BCUT2D eigenvalue weighted by Crippen LogP contribution is 2.46. The number of rotatable bonds is 9. The molecule has 92 valence electrons. The van der Waals surface area contributed by atoms with Crippen molar-refractivity contribution in [1.29, 1.82) is 0 Å². The van der Waals surface area contributed by atoms with Gasteiger partial charge in [0.25, 0.3) is 0 Å². The topological polar surface area (TPSA) is 46.5 Å². The van der Waals surface area contributed by atoms with Crippen molar-refractivity contribution in [2.75, 3.05) is 6.61 Å². The zero-order valence-corrected chi connectivity index (χ0v) is 11.1. The van der Waals surface area contributed by atoms with Gasteiger partial charge in [0.05, 0.1) is 12.3 Å². The lowest BCUT2D eigenvalue weighted by atomic mass is 10.1. The van der Waals surface area contributed by atoms with E-state index in [1.807, 2.05) is 0 Å². The Morgan fingerprint density at radius 2 is 1.67 bits per heavy atom. The molecule has 0 amide bonds. The minimum absolute atomic E-state index is 0.294. The van der Waals surface area contributed by atoms with Crippen LogP contribution in [0.3, 0.4) is 0 Å². The van der Waals surface area contributed by atoms with Crippen LogP contribution in [0.1, 0.15) is 59.3 Å². The van der Waals surface area contributed by atoms with Gasteiger partial charge in [-0.2, -0.15) is 0 Å². The van der Waals surface area contributed by atoms with Crippen LogP contribution in [0.5, 0.6) is 0 Å². The summed E-state index contributed by atoms with van der Waals surface area (Å²) < 4.78 is 16.4. The molecule has 0 saturated carbocycles. The Hall–Kier alpha value is 0.150. The van der Waals surface area contributed by atoms with E-state index in [0.717, 1.165) is 12.8 Å². The van der Waals surface area contributed by atoms with Crippen LogP contribution in [0.15, 0.2) is 0 Å². The van der Waals surface area contributed by atoms with Crippen LogP contribution in [0.2, 0.25) is 0 Å². The number of unbranched alkanes of at least 4 members (excludes halogenated alkanes) is 5. The highest BCUT2D eigenvalue weighted by Gasteiger charge is 2.23. The Morgan fingerprint density at radius 3 is 2.20 bits per heavy atom. The molecule has 0 aliphatic carbocycles. The van der Waals surface area contributed by atoms with Crippen molar-refractivity contribution in [2.24, 2.45) is 0 Å². The van der Waals surface area contributed by atoms with Gasteiger partial charge in [-0.05, 0) is 6.42 Å². The van der Waals surface area contributed by atoms with E-state index in [1.165, 1.54) is 25.7 Å². The third-order valence-electron chi connectivity index (χ3n) is 2.43. The maximum absolute atomic E-state index is 11.4. The second-order valence-corrected chi connectivity index (χ2v) is 6.68. The first-order valence-electron chi connectivity index (χ1n) is 5.97. The largest absolute Gasteiger partial charge is 0.330 e. The molecule has 3 nitrogen and oxygen atoms in total. The molecule has 0 fully saturated rings.